The van der Waals surface area contributed by atoms with Crippen molar-refractivity contribution >= 4 is 16.7 Å². The zero-order valence-corrected chi connectivity index (χ0v) is 18.4. The van der Waals surface area contributed by atoms with Crippen molar-refractivity contribution in [3.05, 3.63) is 42.0 Å². The number of fused-ring (bicyclic) bond motifs is 1. The van der Waals surface area contributed by atoms with Crippen LogP contribution < -0.4 is 10.2 Å². The summed E-state index contributed by atoms with van der Waals surface area (Å²) < 4.78 is 49.5. The van der Waals surface area contributed by atoms with Crippen LogP contribution in [-0.2, 0) is 4.79 Å². The molecule has 170 valence electrons. The molecule has 1 amide bonds. The smallest absolute Gasteiger partial charge is 0.410 e. The fourth-order valence-corrected chi connectivity index (χ4v) is 4.23. The number of amides is 1. The van der Waals surface area contributed by atoms with Gasteiger partial charge >= 0.3 is 6.18 Å². The van der Waals surface area contributed by atoms with E-state index in [0.29, 0.717) is 17.4 Å². The second kappa shape index (κ2) is 9.47. The number of carbonyl (C=O) groups is 1. The van der Waals surface area contributed by atoms with Crippen molar-refractivity contribution in [2.75, 3.05) is 6.61 Å². The van der Waals surface area contributed by atoms with E-state index >= 15 is 0 Å². The van der Waals surface area contributed by atoms with Gasteiger partial charge in [-0.3, -0.25) is 10.2 Å². The number of rotatable bonds is 9. The molecule has 1 aliphatic rings. The first kappa shape index (κ1) is 23.4. The third-order valence-electron chi connectivity index (χ3n) is 5.77. The Kier molecular flexibility index (Phi) is 7.14. The Morgan fingerprint density at radius 3 is 2.45 bits per heavy atom. The van der Waals surface area contributed by atoms with Crippen LogP contribution >= 0.6 is 0 Å². The van der Waals surface area contributed by atoms with Gasteiger partial charge < -0.3 is 4.74 Å². The van der Waals surface area contributed by atoms with Gasteiger partial charge in [0.1, 0.15) is 5.75 Å². The van der Waals surface area contributed by atoms with Crippen molar-refractivity contribution in [2.24, 2.45) is 0 Å². The van der Waals surface area contributed by atoms with Crippen LogP contribution in [-0.4, -0.2) is 29.2 Å². The largest absolute Gasteiger partial charge is 0.493 e. The second-order valence-corrected chi connectivity index (χ2v) is 8.80. The average molecular weight is 437 g/mol. The lowest BCUT2D eigenvalue weighted by Crippen LogP contribution is -2.51. The number of benzene rings is 2. The summed E-state index contributed by atoms with van der Waals surface area (Å²) in [7, 11) is 0. The van der Waals surface area contributed by atoms with Crippen LogP contribution in [0.4, 0.5) is 13.2 Å². The molecule has 0 spiro atoms. The summed E-state index contributed by atoms with van der Waals surface area (Å²) in [4.78, 5) is 12.0. The molecule has 1 fully saturated rings. The van der Waals surface area contributed by atoms with Gasteiger partial charge in [-0.05, 0) is 37.1 Å². The zero-order chi connectivity index (χ0) is 22.6. The van der Waals surface area contributed by atoms with Gasteiger partial charge in [-0.15, -0.1) is 0 Å². The number of nitrogens with one attached hydrogen (secondary N) is 1. The van der Waals surface area contributed by atoms with Gasteiger partial charge in [0.05, 0.1) is 6.61 Å². The molecule has 0 aliphatic carbocycles. The van der Waals surface area contributed by atoms with Gasteiger partial charge in [0, 0.05) is 17.5 Å². The number of hydrogen-bond acceptors (Lipinski definition) is 3. The van der Waals surface area contributed by atoms with Crippen LogP contribution in [0.25, 0.3) is 10.8 Å². The molecule has 2 aromatic rings. The second-order valence-electron chi connectivity index (χ2n) is 8.80. The van der Waals surface area contributed by atoms with Crippen molar-refractivity contribution in [1.29, 1.82) is 0 Å². The van der Waals surface area contributed by atoms with E-state index in [-0.39, 0.29) is 17.7 Å². The molecule has 1 heterocycles. The van der Waals surface area contributed by atoms with Gasteiger partial charge in [-0.25, -0.2) is 0 Å². The summed E-state index contributed by atoms with van der Waals surface area (Å²) in [6.45, 7) is 5.77. The number of alkyl halides is 3. The minimum Gasteiger partial charge on any atom is -0.493 e. The maximum absolute atomic E-state index is 14.5. The predicted molar refractivity (Wildman–Crippen MR) is 116 cm³/mol. The highest BCUT2D eigenvalue weighted by molar-refractivity contribution is 5.88. The van der Waals surface area contributed by atoms with E-state index in [9.17, 15) is 18.0 Å². The molecule has 0 unspecified atom stereocenters. The molecule has 0 saturated carbocycles. The number of nitrogens with zero attached hydrogens (tertiary/aromatic N) is 1. The molecular formula is C24H31F3N2O2. The first-order valence-corrected chi connectivity index (χ1v) is 10.9. The molecule has 0 radical (unpaired) electrons. The number of carbonyl (C=O) groups excluding carboxylic acids is 1. The van der Waals surface area contributed by atoms with Crippen LogP contribution in [0.1, 0.15) is 70.9 Å². The van der Waals surface area contributed by atoms with E-state index in [4.69, 9.17) is 4.74 Å². The van der Waals surface area contributed by atoms with Crippen molar-refractivity contribution in [1.82, 2.24) is 10.4 Å². The Labute approximate surface area is 181 Å². The maximum atomic E-state index is 14.5. The number of hydrogen-bond donors (Lipinski definition) is 1. The van der Waals surface area contributed by atoms with Crippen LogP contribution in [0.5, 0.6) is 5.75 Å². The first-order chi connectivity index (χ1) is 14.6. The molecule has 1 N–H and O–H groups in total. The van der Waals surface area contributed by atoms with E-state index in [2.05, 4.69) is 12.3 Å². The normalized spacial score (nSPS) is 17.7. The SMILES string of the molecule is CCCCCCCOc1ccc2ccccc2c1[C@H](N1NC(=O)CC1(C)C)C(F)(F)F. The van der Waals surface area contributed by atoms with Gasteiger partial charge in [0.25, 0.3) is 0 Å². The topological polar surface area (TPSA) is 41.6 Å². The minimum absolute atomic E-state index is 0.00202. The highest BCUT2D eigenvalue weighted by atomic mass is 19.4. The number of ether oxygens (including phenoxy) is 1. The van der Waals surface area contributed by atoms with Crippen LogP contribution in [0.15, 0.2) is 36.4 Å². The quantitative estimate of drug-likeness (QED) is 0.469. The van der Waals surface area contributed by atoms with Gasteiger partial charge in [0.2, 0.25) is 5.91 Å². The Morgan fingerprint density at radius 1 is 1.10 bits per heavy atom. The summed E-state index contributed by atoms with van der Waals surface area (Å²) in [6, 6.07) is 8.37. The third-order valence-corrected chi connectivity index (χ3v) is 5.77. The van der Waals surface area contributed by atoms with Crippen molar-refractivity contribution in [3.63, 3.8) is 0 Å². The molecule has 2 aromatic carbocycles. The van der Waals surface area contributed by atoms with E-state index in [1.54, 1.807) is 50.2 Å². The van der Waals surface area contributed by atoms with Gasteiger partial charge in [-0.2, -0.15) is 18.2 Å². The summed E-state index contributed by atoms with van der Waals surface area (Å²) >= 11 is 0. The Bertz CT molecular complexity index is 911. The third kappa shape index (κ3) is 5.32. The van der Waals surface area contributed by atoms with E-state index in [1.165, 1.54) is 0 Å². The Morgan fingerprint density at radius 2 is 1.81 bits per heavy atom. The highest BCUT2D eigenvalue weighted by Gasteiger charge is 2.54. The molecule has 1 atom stereocenters. The molecule has 1 aliphatic heterocycles. The van der Waals surface area contributed by atoms with Crippen LogP contribution in [0.3, 0.4) is 0 Å². The molecular weight excluding hydrogens is 405 g/mol. The average Bonchev–Trinajstić information content (AvgIpc) is 2.96. The summed E-state index contributed by atoms with van der Waals surface area (Å²) in [5, 5.41) is 2.22. The lowest BCUT2D eigenvalue weighted by Gasteiger charge is -2.38. The number of halogens is 3. The highest BCUT2D eigenvalue weighted by Crippen LogP contribution is 2.48. The van der Waals surface area contributed by atoms with Crippen molar-refractivity contribution < 1.29 is 22.7 Å². The molecule has 0 bridgehead atoms. The summed E-state index contributed by atoms with van der Waals surface area (Å²) in [6.07, 6.45) is 0.505. The van der Waals surface area contributed by atoms with Crippen LogP contribution in [0, 0.1) is 0 Å². The van der Waals surface area contributed by atoms with Crippen LogP contribution in [0.2, 0.25) is 0 Å². The predicted octanol–water partition coefficient (Wildman–Crippen LogP) is 6.31. The lowest BCUT2D eigenvalue weighted by atomic mass is 9.93. The Hall–Kier alpha value is -2.28. The number of hydrazine groups is 1. The molecule has 0 aromatic heterocycles. The molecule has 7 heteroatoms. The van der Waals surface area contributed by atoms with E-state index < -0.39 is 23.7 Å². The standard InChI is InChI=1S/C24H31F3N2O2/c1-4-5-6-7-10-15-31-19-14-13-17-11-8-9-12-18(17)21(19)22(24(25,26)27)29-23(2,3)16-20(30)28-29/h8-9,11-14,22H,4-7,10,15-16H2,1-3H3,(H,28,30)/t22-/m0/s1. The zero-order valence-electron chi connectivity index (χ0n) is 18.4. The van der Waals surface area contributed by atoms with Gasteiger partial charge in [0.15, 0.2) is 6.04 Å². The van der Waals surface area contributed by atoms with E-state index in [0.717, 1.165) is 37.1 Å². The molecule has 4 nitrogen and oxygen atoms in total. The molecule has 31 heavy (non-hydrogen) atoms. The molecule has 3 rings (SSSR count). The Balaban J connectivity index is 2.02. The lowest BCUT2D eigenvalue weighted by molar-refractivity contribution is -0.203. The summed E-state index contributed by atoms with van der Waals surface area (Å²) in [5.41, 5.74) is 1.51. The maximum Gasteiger partial charge on any atom is 0.410 e. The minimum atomic E-state index is -4.61. The fraction of sp³-hybridized carbons (Fsp3) is 0.542. The van der Waals surface area contributed by atoms with Gasteiger partial charge in [-0.1, -0.05) is 62.9 Å². The number of unbranched alkanes of at least 4 members (excludes halogenated alkanes) is 4. The fourth-order valence-electron chi connectivity index (χ4n) is 4.23. The first-order valence-electron chi connectivity index (χ1n) is 10.9. The van der Waals surface area contributed by atoms with Crippen molar-refractivity contribution in [2.45, 2.75) is 77.1 Å². The molecule has 1 saturated heterocycles. The monoisotopic (exact) mass is 436 g/mol. The van der Waals surface area contributed by atoms with Crippen molar-refractivity contribution in [3.8, 4) is 5.75 Å². The van der Waals surface area contributed by atoms with E-state index in [1.807, 2.05) is 0 Å². The summed E-state index contributed by atoms with van der Waals surface area (Å²) in [5.74, 6) is -0.202.